The highest BCUT2D eigenvalue weighted by Gasteiger charge is 2.37. The molecule has 0 unspecified atom stereocenters. The van der Waals surface area contributed by atoms with Gasteiger partial charge in [-0.25, -0.2) is 0 Å². The molecule has 0 heterocycles. The number of rotatable bonds is 3. The first-order valence-corrected chi connectivity index (χ1v) is 16.8. The van der Waals surface area contributed by atoms with Crippen LogP contribution in [0.5, 0.6) is 0 Å². The van der Waals surface area contributed by atoms with Crippen LogP contribution in [0, 0.1) is 0 Å². The molecule has 7 aromatic rings. The Kier molecular flexibility index (Phi) is 5.68. The van der Waals surface area contributed by atoms with Crippen LogP contribution >= 0.6 is 0 Å². The Bertz CT molecular complexity index is 2400. The quantitative estimate of drug-likeness (QED) is 0.180. The van der Waals surface area contributed by atoms with Gasteiger partial charge in [0, 0.05) is 10.8 Å². The van der Waals surface area contributed by atoms with E-state index in [0.29, 0.717) is 0 Å². The summed E-state index contributed by atoms with van der Waals surface area (Å²) in [6, 6.07) is 48.6. The van der Waals surface area contributed by atoms with Crippen LogP contribution in [0.2, 0.25) is 0 Å². The Morgan fingerprint density at radius 1 is 0.391 bits per heavy atom. The van der Waals surface area contributed by atoms with E-state index in [1.54, 1.807) is 0 Å². The molecule has 0 heteroatoms. The van der Waals surface area contributed by atoms with Gasteiger partial charge in [0.2, 0.25) is 0 Å². The number of benzene rings is 7. The molecular formula is C46H38. The van der Waals surface area contributed by atoms with Crippen LogP contribution in [0.3, 0.4) is 0 Å². The second-order valence-corrected chi connectivity index (χ2v) is 14.4. The van der Waals surface area contributed by atoms with Crippen LogP contribution in [0.15, 0.2) is 127 Å². The first kappa shape index (κ1) is 27.4. The van der Waals surface area contributed by atoms with E-state index in [0.717, 1.165) is 6.42 Å². The van der Waals surface area contributed by atoms with E-state index >= 15 is 0 Å². The molecule has 2 aliphatic rings. The maximum atomic E-state index is 2.49. The molecule has 0 bridgehead atoms. The summed E-state index contributed by atoms with van der Waals surface area (Å²) in [5.74, 6) is 0. The van der Waals surface area contributed by atoms with Gasteiger partial charge in [-0.2, -0.15) is 0 Å². The molecule has 0 N–H and O–H groups in total. The molecule has 222 valence electrons. The Morgan fingerprint density at radius 3 is 1.35 bits per heavy atom. The monoisotopic (exact) mass is 590 g/mol. The van der Waals surface area contributed by atoms with Crippen LogP contribution in [0.25, 0.3) is 66.1 Å². The minimum atomic E-state index is -0.0448. The van der Waals surface area contributed by atoms with Crippen molar-refractivity contribution in [1.82, 2.24) is 0 Å². The van der Waals surface area contributed by atoms with Crippen molar-refractivity contribution < 1.29 is 0 Å². The summed E-state index contributed by atoms with van der Waals surface area (Å²) in [5, 5.41) is 5.28. The van der Waals surface area contributed by atoms with Gasteiger partial charge in [-0.1, -0.05) is 150 Å². The molecule has 0 aliphatic heterocycles. The topological polar surface area (TPSA) is 0 Å². The first-order valence-electron chi connectivity index (χ1n) is 16.8. The van der Waals surface area contributed by atoms with Gasteiger partial charge in [-0.15, -0.1) is 0 Å². The first-order chi connectivity index (χ1) is 22.3. The number of aryl methyl sites for hydroxylation is 1. The lowest BCUT2D eigenvalue weighted by Gasteiger charge is -2.24. The van der Waals surface area contributed by atoms with Crippen LogP contribution < -0.4 is 0 Å². The molecule has 0 nitrogen and oxygen atoms in total. The summed E-state index contributed by atoms with van der Waals surface area (Å²) in [7, 11) is 0. The van der Waals surface area contributed by atoms with Crippen molar-refractivity contribution in [3.8, 4) is 44.5 Å². The fourth-order valence-corrected chi connectivity index (χ4v) is 8.79. The van der Waals surface area contributed by atoms with Crippen molar-refractivity contribution in [3.63, 3.8) is 0 Å². The highest BCUT2D eigenvalue weighted by molar-refractivity contribution is 6.21. The molecule has 2 aliphatic carbocycles. The predicted octanol–water partition coefficient (Wildman–Crippen LogP) is 12.5. The number of hydrogen-bond donors (Lipinski definition) is 0. The second kappa shape index (κ2) is 9.54. The minimum absolute atomic E-state index is 0.0440. The van der Waals surface area contributed by atoms with Crippen LogP contribution in [-0.4, -0.2) is 0 Å². The van der Waals surface area contributed by atoms with Crippen LogP contribution in [0.4, 0.5) is 0 Å². The third-order valence-electron chi connectivity index (χ3n) is 11.2. The maximum absolute atomic E-state index is 2.49. The van der Waals surface area contributed by atoms with Crippen LogP contribution in [-0.2, 0) is 17.3 Å². The molecule has 0 spiro atoms. The molecule has 0 radical (unpaired) electrons. The smallest absolute Gasteiger partial charge is 0.0159 e. The summed E-state index contributed by atoms with van der Waals surface area (Å²) in [6.07, 6.45) is 1.01. The molecule has 0 amide bonds. The molecule has 0 saturated heterocycles. The zero-order valence-electron chi connectivity index (χ0n) is 27.3. The van der Waals surface area contributed by atoms with Gasteiger partial charge < -0.3 is 0 Å². The van der Waals surface area contributed by atoms with Crippen molar-refractivity contribution in [1.29, 1.82) is 0 Å². The molecule has 0 atom stereocenters. The molecule has 46 heavy (non-hydrogen) atoms. The highest BCUT2D eigenvalue weighted by atomic mass is 14.4. The van der Waals surface area contributed by atoms with E-state index in [4.69, 9.17) is 0 Å². The summed E-state index contributed by atoms with van der Waals surface area (Å²) < 4.78 is 0. The zero-order chi connectivity index (χ0) is 31.4. The maximum Gasteiger partial charge on any atom is 0.0159 e. The van der Waals surface area contributed by atoms with Crippen molar-refractivity contribution in [2.45, 2.75) is 51.9 Å². The SMILES string of the molecule is CCc1ccc2c(-c3ccc4c(c3)C(C)(C)c3ccccc3-4)c3ccccc3c(-c3ccc4c(c3)C(C)(C)c3ccccc3-4)c2c1. The third-order valence-corrected chi connectivity index (χ3v) is 11.2. The van der Waals surface area contributed by atoms with Crippen molar-refractivity contribution >= 4 is 21.5 Å². The van der Waals surface area contributed by atoms with Gasteiger partial charge in [-0.3, -0.25) is 0 Å². The van der Waals surface area contributed by atoms with Crippen molar-refractivity contribution in [3.05, 3.63) is 155 Å². The number of hydrogen-bond acceptors (Lipinski definition) is 0. The lowest BCUT2D eigenvalue weighted by atomic mass is 9.79. The molecule has 9 rings (SSSR count). The van der Waals surface area contributed by atoms with Gasteiger partial charge in [0.15, 0.2) is 0 Å². The van der Waals surface area contributed by atoms with Gasteiger partial charge >= 0.3 is 0 Å². The standard InChI is InChI=1S/C46H38/c1-6-28-19-22-37-38(25-28)44(30-21-24-34-32-14-10-12-18-40(32)46(4,5)42(34)27-30)36-16-8-7-15-35(36)43(37)29-20-23-33-31-13-9-11-17-39(31)45(2,3)41(33)26-29/h7-27H,6H2,1-5H3. The zero-order valence-corrected chi connectivity index (χ0v) is 27.3. The van der Waals surface area contributed by atoms with E-state index in [1.807, 2.05) is 0 Å². The fourth-order valence-electron chi connectivity index (χ4n) is 8.79. The van der Waals surface area contributed by atoms with Gasteiger partial charge in [-0.05, 0) is 112 Å². The largest absolute Gasteiger partial charge is 0.0619 e. The second-order valence-electron chi connectivity index (χ2n) is 14.4. The molecule has 0 fully saturated rings. The Morgan fingerprint density at radius 2 is 0.826 bits per heavy atom. The average molecular weight is 591 g/mol. The minimum Gasteiger partial charge on any atom is -0.0619 e. The summed E-state index contributed by atoms with van der Waals surface area (Å²) >= 11 is 0. The molecule has 0 aromatic heterocycles. The van der Waals surface area contributed by atoms with E-state index < -0.39 is 0 Å². The summed E-state index contributed by atoms with van der Waals surface area (Å²) in [4.78, 5) is 0. The molecular weight excluding hydrogens is 553 g/mol. The fraction of sp³-hybridized carbons (Fsp3) is 0.174. The van der Waals surface area contributed by atoms with Gasteiger partial charge in [0.25, 0.3) is 0 Å². The van der Waals surface area contributed by atoms with Crippen LogP contribution in [0.1, 0.15) is 62.4 Å². The number of fused-ring (bicyclic) bond motifs is 8. The van der Waals surface area contributed by atoms with E-state index in [-0.39, 0.29) is 10.8 Å². The normalized spacial score (nSPS) is 15.1. The van der Waals surface area contributed by atoms with E-state index in [9.17, 15) is 0 Å². The van der Waals surface area contributed by atoms with Gasteiger partial charge in [0.05, 0.1) is 0 Å². The summed E-state index contributed by atoms with van der Waals surface area (Å²) in [5.41, 5.74) is 17.7. The lowest BCUT2D eigenvalue weighted by molar-refractivity contribution is 0.660. The Hall–Kier alpha value is -4.94. The summed E-state index contributed by atoms with van der Waals surface area (Å²) in [6.45, 7) is 11.8. The van der Waals surface area contributed by atoms with Crippen molar-refractivity contribution in [2.24, 2.45) is 0 Å². The van der Waals surface area contributed by atoms with E-state index in [2.05, 4.69) is 162 Å². The average Bonchev–Trinajstić information content (AvgIpc) is 3.46. The highest BCUT2D eigenvalue weighted by Crippen LogP contribution is 2.53. The molecule has 0 saturated carbocycles. The van der Waals surface area contributed by atoms with E-state index in [1.165, 1.54) is 93.9 Å². The van der Waals surface area contributed by atoms with Gasteiger partial charge in [0.1, 0.15) is 0 Å². The van der Waals surface area contributed by atoms with Crippen molar-refractivity contribution in [2.75, 3.05) is 0 Å². The Balaban J connectivity index is 1.33. The molecule has 7 aromatic carbocycles. The lowest BCUT2D eigenvalue weighted by Crippen LogP contribution is -2.15. The third kappa shape index (κ3) is 3.62. The Labute approximate surface area is 272 Å². The predicted molar refractivity (Wildman–Crippen MR) is 197 cm³/mol.